The minimum Gasteiger partial charge on any atom is -0.610 e. The second-order valence-corrected chi connectivity index (χ2v) is 8.92. The molecule has 0 aliphatic rings. The molecule has 4 rings (SSSR count). The van der Waals surface area contributed by atoms with Gasteiger partial charge in [0, 0.05) is 31.5 Å². The summed E-state index contributed by atoms with van der Waals surface area (Å²) in [5, 5.41) is 7.76. The summed E-state index contributed by atoms with van der Waals surface area (Å²) in [7, 11) is -1.54. The number of carbonyl (C=O) groups excluding carboxylic acids is 1. The van der Waals surface area contributed by atoms with Crippen LogP contribution in [0, 0.1) is 0 Å². The molecule has 0 saturated heterocycles. The molecule has 152 valence electrons. The third kappa shape index (κ3) is 3.98. The number of nitrogens with one attached hydrogen (secondary N) is 1. The molecule has 0 radical (unpaired) electrons. The first-order valence-electron chi connectivity index (χ1n) is 9.13. The number of amides is 1. The van der Waals surface area contributed by atoms with E-state index < -0.39 is 10.2 Å². The van der Waals surface area contributed by atoms with Gasteiger partial charge in [-0.3, -0.25) is 14.5 Å². The van der Waals surface area contributed by atoms with Crippen LogP contribution in [-0.4, -0.2) is 36.5 Å². The highest BCUT2D eigenvalue weighted by molar-refractivity contribution is 7.97. The number of carbonyl (C=O) groups is 1. The Morgan fingerprint density at radius 3 is 2.63 bits per heavy atom. The molecule has 0 fully saturated rings. The summed E-state index contributed by atoms with van der Waals surface area (Å²) in [6.07, 6.45) is 6.14. The van der Waals surface area contributed by atoms with Crippen LogP contribution in [0.2, 0.25) is 0 Å². The number of benzene rings is 1. The molecule has 1 N–H and O–H groups in total. The van der Waals surface area contributed by atoms with Gasteiger partial charge in [-0.05, 0) is 42.0 Å². The quantitative estimate of drug-likeness (QED) is 0.496. The molecule has 30 heavy (non-hydrogen) atoms. The van der Waals surface area contributed by atoms with Crippen LogP contribution in [0.5, 0.6) is 0 Å². The zero-order valence-corrected chi connectivity index (χ0v) is 17.2. The van der Waals surface area contributed by atoms with Gasteiger partial charge < -0.3 is 9.87 Å². The lowest BCUT2D eigenvalue weighted by molar-refractivity contribution is 0.0952. The standard InChI is InChI=1S/C21H19N5O3S/c1-26-20-18(13-24-26)17(21(27)23-12-14-4-3-9-22-11-14)10-19(25-20)15-5-7-16(8-6-15)30(2,28)29/h3-11,13H,12H2,1-2H3,(H-,23,27,28,29). The molecule has 0 bridgehead atoms. The van der Waals surface area contributed by atoms with E-state index in [1.54, 1.807) is 48.5 Å². The maximum atomic E-state index is 12.9. The van der Waals surface area contributed by atoms with E-state index in [2.05, 4.69) is 20.4 Å². The predicted octanol–water partition coefficient (Wildman–Crippen LogP) is 2.58. The van der Waals surface area contributed by atoms with Gasteiger partial charge in [0.05, 0.1) is 33.1 Å². The molecular formula is C21H19N5O3S. The lowest BCUT2D eigenvalue weighted by Gasteiger charge is -2.11. The first kappa shape index (κ1) is 19.9. The van der Waals surface area contributed by atoms with Crippen molar-refractivity contribution in [2.75, 3.05) is 6.26 Å². The molecule has 4 aromatic rings. The minimum absolute atomic E-state index is 0.224. The fourth-order valence-corrected chi connectivity index (χ4v) is 3.73. The summed E-state index contributed by atoms with van der Waals surface area (Å²) < 4.78 is 25.0. The van der Waals surface area contributed by atoms with Gasteiger partial charge in [0.15, 0.2) is 10.5 Å². The molecule has 0 aliphatic heterocycles. The zero-order valence-electron chi connectivity index (χ0n) is 16.4. The van der Waals surface area contributed by atoms with Crippen molar-refractivity contribution in [1.29, 1.82) is 0 Å². The molecule has 8 nitrogen and oxygen atoms in total. The molecule has 1 amide bonds. The Hall–Kier alpha value is -3.43. The van der Waals surface area contributed by atoms with Gasteiger partial charge in [0.25, 0.3) is 5.91 Å². The molecule has 9 heteroatoms. The summed E-state index contributed by atoms with van der Waals surface area (Å²) in [5.74, 6) is -0.256. The first-order valence-corrected chi connectivity index (χ1v) is 11.0. The van der Waals surface area contributed by atoms with E-state index >= 15 is 0 Å². The fraction of sp³-hybridized carbons (Fsp3) is 0.143. The summed E-state index contributed by atoms with van der Waals surface area (Å²) >= 11 is 0. The highest BCUT2D eigenvalue weighted by Gasteiger charge is 2.18. The SMILES string of the molecule is Cn1ncc2c(C(=O)NCc3cccnc3)cc(-c3ccc([S+](C)(=O)[O-])cc3)nc21. The normalized spacial score (nSPS) is 13.2. The van der Waals surface area contributed by atoms with E-state index in [1.165, 1.54) is 12.1 Å². The van der Waals surface area contributed by atoms with Crippen molar-refractivity contribution in [1.82, 2.24) is 25.1 Å². The van der Waals surface area contributed by atoms with Crippen molar-refractivity contribution < 1.29 is 13.6 Å². The van der Waals surface area contributed by atoms with Crippen molar-refractivity contribution in [3.8, 4) is 11.3 Å². The Bertz CT molecular complexity index is 1260. The Morgan fingerprint density at radius 2 is 1.97 bits per heavy atom. The van der Waals surface area contributed by atoms with E-state index in [4.69, 9.17) is 0 Å². The predicted molar refractivity (Wildman–Crippen MR) is 112 cm³/mol. The summed E-state index contributed by atoms with van der Waals surface area (Å²) in [6, 6.07) is 11.8. The molecule has 0 saturated carbocycles. The van der Waals surface area contributed by atoms with Gasteiger partial charge in [-0.15, -0.1) is 4.21 Å². The maximum absolute atomic E-state index is 12.9. The van der Waals surface area contributed by atoms with E-state index in [1.807, 2.05) is 12.1 Å². The maximum Gasteiger partial charge on any atom is 0.252 e. The van der Waals surface area contributed by atoms with Crippen molar-refractivity contribution >= 4 is 27.2 Å². The van der Waals surface area contributed by atoms with Crippen LogP contribution < -0.4 is 5.32 Å². The number of hydrogen-bond acceptors (Lipinski definition) is 6. The number of rotatable bonds is 5. The van der Waals surface area contributed by atoms with Gasteiger partial charge in [-0.2, -0.15) is 5.10 Å². The number of aryl methyl sites for hydroxylation is 1. The average molecular weight is 421 g/mol. The lowest BCUT2D eigenvalue weighted by Crippen LogP contribution is -2.23. The molecule has 3 aromatic heterocycles. The molecule has 3 heterocycles. The van der Waals surface area contributed by atoms with Crippen LogP contribution in [0.1, 0.15) is 15.9 Å². The number of pyridine rings is 2. The number of aromatic nitrogens is 4. The number of sulfone groups is 1. The lowest BCUT2D eigenvalue weighted by atomic mass is 10.1. The third-order valence-corrected chi connectivity index (χ3v) is 5.83. The smallest absolute Gasteiger partial charge is 0.252 e. The highest BCUT2D eigenvalue weighted by Crippen LogP contribution is 2.26. The number of fused-ring (bicyclic) bond motifs is 1. The first-order chi connectivity index (χ1) is 14.3. The number of hydrogen-bond donors (Lipinski definition) is 1. The van der Waals surface area contributed by atoms with E-state index in [0.29, 0.717) is 34.4 Å². The van der Waals surface area contributed by atoms with Crippen LogP contribution >= 0.6 is 0 Å². The van der Waals surface area contributed by atoms with Gasteiger partial charge in [0.1, 0.15) is 6.26 Å². The van der Waals surface area contributed by atoms with Gasteiger partial charge in [-0.1, -0.05) is 6.07 Å². The van der Waals surface area contributed by atoms with Crippen molar-refractivity contribution in [2.24, 2.45) is 7.05 Å². The molecule has 0 aliphatic carbocycles. The Morgan fingerprint density at radius 1 is 1.20 bits per heavy atom. The van der Waals surface area contributed by atoms with Crippen molar-refractivity contribution in [3.63, 3.8) is 0 Å². The Balaban J connectivity index is 1.71. The number of nitrogens with zero attached hydrogens (tertiary/aromatic N) is 4. The van der Waals surface area contributed by atoms with E-state index in [-0.39, 0.29) is 10.8 Å². The molecule has 0 spiro atoms. The molecular weight excluding hydrogens is 402 g/mol. The monoisotopic (exact) mass is 421 g/mol. The Labute approximate surface area is 174 Å². The van der Waals surface area contributed by atoms with Crippen LogP contribution in [0.3, 0.4) is 0 Å². The van der Waals surface area contributed by atoms with E-state index in [0.717, 1.165) is 11.8 Å². The van der Waals surface area contributed by atoms with Gasteiger partial charge >= 0.3 is 0 Å². The zero-order chi connectivity index (χ0) is 21.3. The third-order valence-electron chi connectivity index (χ3n) is 4.70. The van der Waals surface area contributed by atoms with Gasteiger partial charge in [-0.25, -0.2) is 4.98 Å². The average Bonchev–Trinajstić information content (AvgIpc) is 3.12. The highest BCUT2D eigenvalue weighted by atomic mass is 32.3. The second-order valence-electron chi connectivity index (χ2n) is 6.90. The van der Waals surface area contributed by atoms with Crippen LogP contribution in [-0.2, 0) is 28.0 Å². The van der Waals surface area contributed by atoms with Crippen LogP contribution in [0.15, 0.2) is 66.0 Å². The van der Waals surface area contributed by atoms with Crippen molar-refractivity contribution in [3.05, 3.63) is 72.2 Å². The summed E-state index contributed by atoms with van der Waals surface area (Å²) in [4.78, 5) is 21.8. The molecule has 1 aromatic carbocycles. The minimum atomic E-state index is -3.29. The molecule has 1 atom stereocenters. The van der Waals surface area contributed by atoms with E-state index in [9.17, 15) is 13.6 Å². The summed E-state index contributed by atoms with van der Waals surface area (Å²) in [6.45, 7) is 0.342. The van der Waals surface area contributed by atoms with Crippen LogP contribution in [0.4, 0.5) is 0 Å². The van der Waals surface area contributed by atoms with Crippen molar-refractivity contribution in [2.45, 2.75) is 11.4 Å². The summed E-state index contributed by atoms with van der Waals surface area (Å²) in [5.41, 5.74) is 3.15. The fourth-order valence-electron chi connectivity index (χ4n) is 3.10. The molecule has 1 unspecified atom stereocenters. The Kier molecular flexibility index (Phi) is 5.15. The van der Waals surface area contributed by atoms with Gasteiger partial charge in [0.2, 0.25) is 0 Å². The van der Waals surface area contributed by atoms with Crippen LogP contribution in [0.25, 0.3) is 22.3 Å². The largest absolute Gasteiger partial charge is 0.610 e. The topological polar surface area (TPSA) is 113 Å². The second kappa shape index (κ2) is 7.77.